The van der Waals surface area contributed by atoms with E-state index in [2.05, 4.69) is 0 Å². The van der Waals surface area contributed by atoms with E-state index in [1.165, 1.54) is 31.2 Å². The number of benzene rings is 1. The maximum atomic E-state index is 11.0. The molecule has 0 spiro atoms. The Balaban J connectivity index is 2.62. The molecule has 0 unspecified atom stereocenters. The molecular weight excluding hydrogens is 198 g/mol. The van der Waals surface area contributed by atoms with Crippen LogP contribution in [-0.4, -0.2) is 10.7 Å². The summed E-state index contributed by atoms with van der Waals surface area (Å²) in [6.45, 7) is 1.38. The van der Waals surface area contributed by atoms with Crippen molar-refractivity contribution in [2.45, 2.75) is 6.92 Å². The number of hydrogen-bond acceptors (Lipinski definition) is 4. The van der Waals surface area contributed by atoms with Gasteiger partial charge in [0, 0.05) is 24.4 Å². The van der Waals surface area contributed by atoms with Crippen LogP contribution in [-0.2, 0) is 0 Å². The third kappa shape index (κ3) is 1.59. The molecule has 0 aliphatic carbocycles. The molecule has 5 heteroatoms. The van der Waals surface area contributed by atoms with Crippen molar-refractivity contribution < 1.29 is 14.1 Å². The summed E-state index contributed by atoms with van der Waals surface area (Å²) in [6.07, 6.45) is 0. The van der Waals surface area contributed by atoms with Gasteiger partial charge in [-0.05, 0) is 12.1 Å². The average Bonchev–Trinajstić information content (AvgIpc) is 2.59. The number of nitro groups is 1. The first-order valence-corrected chi connectivity index (χ1v) is 4.27. The van der Waals surface area contributed by atoms with Gasteiger partial charge >= 0.3 is 0 Å². The lowest BCUT2D eigenvalue weighted by Gasteiger charge is -1.89. The molecule has 2 aromatic rings. The molecule has 5 nitrogen and oxygen atoms in total. The fourth-order valence-electron chi connectivity index (χ4n) is 1.32. The van der Waals surface area contributed by atoms with Crippen molar-refractivity contribution in [3.8, 4) is 0 Å². The van der Waals surface area contributed by atoms with Crippen molar-refractivity contribution in [1.29, 1.82) is 0 Å². The first kappa shape index (κ1) is 9.39. The Morgan fingerprint density at radius 1 is 1.40 bits per heavy atom. The van der Waals surface area contributed by atoms with Gasteiger partial charge in [-0.25, -0.2) is 0 Å². The molecule has 0 saturated heterocycles. The number of carbonyl (C=O) groups is 1. The SMILES string of the molecule is CC(=O)c1cc2cc([N+](=O)[O-])ccc2o1. The van der Waals surface area contributed by atoms with Crippen LogP contribution < -0.4 is 0 Å². The summed E-state index contributed by atoms with van der Waals surface area (Å²) in [5.74, 6) is 0.0133. The minimum atomic E-state index is -0.486. The maximum absolute atomic E-state index is 11.0. The number of carbonyl (C=O) groups excluding carboxylic acids is 1. The highest BCUT2D eigenvalue weighted by atomic mass is 16.6. The van der Waals surface area contributed by atoms with Gasteiger partial charge in [0.05, 0.1) is 4.92 Å². The number of rotatable bonds is 2. The molecule has 0 aliphatic rings. The second-order valence-electron chi connectivity index (χ2n) is 3.15. The van der Waals surface area contributed by atoms with Gasteiger partial charge in [0.15, 0.2) is 11.5 Å². The normalized spacial score (nSPS) is 10.5. The van der Waals surface area contributed by atoms with E-state index in [0.717, 1.165) is 0 Å². The van der Waals surface area contributed by atoms with E-state index < -0.39 is 4.92 Å². The summed E-state index contributed by atoms with van der Waals surface area (Å²) < 4.78 is 5.19. The molecule has 0 N–H and O–H groups in total. The Morgan fingerprint density at radius 2 is 2.13 bits per heavy atom. The minimum Gasteiger partial charge on any atom is -0.453 e. The molecule has 1 aromatic carbocycles. The van der Waals surface area contributed by atoms with Crippen LogP contribution in [0.15, 0.2) is 28.7 Å². The second-order valence-corrected chi connectivity index (χ2v) is 3.15. The van der Waals surface area contributed by atoms with Gasteiger partial charge in [0.2, 0.25) is 0 Å². The predicted molar refractivity (Wildman–Crippen MR) is 52.9 cm³/mol. The fraction of sp³-hybridized carbons (Fsp3) is 0.100. The summed E-state index contributed by atoms with van der Waals surface area (Å²) in [4.78, 5) is 21.0. The number of ketones is 1. The number of nitrogens with zero attached hydrogens (tertiary/aromatic N) is 1. The zero-order chi connectivity index (χ0) is 11.0. The molecule has 0 saturated carbocycles. The Bertz CT molecular complexity index is 544. The molecule has 0 atom stereocenters. The van der Waals surface area contributed by atoms with E-state index in [0.29, 0.717) is 11.0 Å². The van der Waals surface area contributed by atoms with E-state index in [4.69, 9.17) is 4.42 Å². The number of furan rings is 1. The first-order valence-electron chi connectivity index (χ1n) is 4.27. The highest BCUT2D eigenvalue weighted by Crippen LogP contribution is 2.24. The molecule has 15 heavy (non-hydrogen) atoms. The fourth-order valence-corrected chi connectivity index (χ4v) is 1.32. The van der Waals surface area contributed by atoms with E-state index >= 15 is 0 Å². The molecule has 2 rings (SSSR count). The van der Waals surface area contributed by atoms with Gasteiger partial charge < -0.3 is 4.42 Å². The average molecular weight is 205 g/mol. The molecule has 76 valence electrons. The van der Waals surface area contributed by atoms with Crippen LogP contribution in [0.2, 0.25) is 0 Å². The van der Waals surface area contributed by atoms with Crippen LogP contribution in [0.1, 0.15) is 17.5 Å². The van der Waals surface area contributed by atoms with Crippen LogP contribution in [0.5, 0.6) is 0 Å². The lowest BCUT2D eigenvalue weighted by Crippen LogP contribution is -1.86. The summed E-state index contributed by atoms with van der Waals surface area (Å²) in [5, 5.41) is 11.1. The van der Waals surface area contributed by atoms with E-state index in [-0.39, 0.29) is 17.2 Å². The Labute approximate surface area is 84.5 Å². The zero-order valence-corrected chi connectivity index (χ0v) is 7.89. The van der Waals surface area contributed by atoms with E-state index in [1.807, 2.05) is 0 Å². The Morgan fingerprint density at radius 3 is 2.73 bits per heavy atom. The van der Waals surface area contributed by atoms with Crippen molar-refractivity contribution in [3.63, 3.8) is 0 Å². The topological polar surface area (TPSA) is 73.3 Å². The van der Waals surface area contributed by atoms with Crippen LogP contribution in [0.3, 0.4) is 0 Å². The standard InChI is InChI=1S/C10H7NO4/c1-6(12)10-5-7-4-8(11(13)14)2-3-9(7)15-10/h2-5H,1H3. The monoisotopic (exact) mass is 205 g/mol. The number of hydrogen-bond donors (Lipinski definition) is 0. The zero-order valence-electron chi connectivity index (χ0n) is 7.89. The lowest BCUT2D eigenvalue weighted by molar-refractivity contribution is -0.384. The summed E-state index contributed by atoms with van der Waals surface area (Å²) in [5.41, 5.74) is 0.462. The van der Waals surface area contributed by atoms with Crippen molar-refractivity contribution in [2.75, 3.05) is 0 Å². The van der Waals surface area contributed by atoms with Crippen LogP contribution in [0, 0.1) is 10.1 Å². The van der Waals surface area contributed by atoms with Gasteiger partial charge in [-0.15, -0.1) is 0 Å². The number of non-ortho nitro benzene ring substituents is 1. The Hall–Kier alpha value is -2.17. The second kappa shape index (κ2) is 3.20. The van der Waals surface area contributed by atoms with E-state index in [1.54, 1.807) is 0 Å². The molecule has 1 heterocycles. The highest BCUT2D eigenvalue weighted by molar-refractivity contribution is 5.96. The summed E-state index contributed by atoms with van der Waals surface area (Å²) in [7, 11) is 0. The smallest absolute Gasteiger partial charge is 0.270 e. The molecular formula is C10H7NO4. The quantitative estimate of drug-likeness (QED) is 0.429. The highest BCUT2D eigenvalue weighted by Gasteiger charge is 2.11. The lowest BCUT2D eigenvalue weighted by atomic mass is 10.2. The molecule has 0 bridgehead atoms. The predicted octanol–water partition coefficient (Wildman–Crippen LogP) is 2.54. The van der Waals surface area contributed by atoms with Crippen molar-refractivity contribution in [1.82, 2.24) is 0 Å². The van der Waals surface area contributed by atoms with Crippen molar-refractivity contribution in [2.24, 2.45) is 0 Å². The van der Waals surface area contributed by atoms with Gasteiger partial charge in [-0.1, -0.05) is 0 Å². The third-order valence-electron chi connectivity index (χ3n) is 2.06. The number of fused-ring (bicyclic) bond motifs is 1. The first-order chi connectivity index (χ1) is 7.08. The molecule has 0 amide bonds. The minimum absolute atomic E-state index is 0.0154. The van der Waals surface area contributed by atoms with Crippen LogP contribution >= 0.6 is 0 Å². The third-order valence-corrected chi connectivity index (χ3v) is 2.06. The Kier molecular flexibility index (Phi) is 2.00. The van der Waals surface area contributed by atoms with Crippen LogP contribution in [0.4, 0.5) is 5.69 Å². The summed E-state index contributed by atoms with van der Waals surface area (Å²) >= 11 is 0. The van der Waals surface area contributed by atoms with Gasteiger partial charge in [0.1, 0.15) is 5.58 Å². The number of Topliss-reactive ketones (excluding diaryl/α,β-unsaturated/α-hetero) is 1. The summed E-state index contributed by atoms with van der Waals surface area (Å²) in [6, 6.07) is 5.71. The van der Waals surface area contributed by atoms with Gasteiger partial charge in [-0.2, -0.15) is 0 Å². The van der Waals surface area contributed by atoms with Gasteiger partial charge in [-0.3, -0.25) is 14.9 Å². The maximum Gasteiger partial charge on any atom is 0.270 e. The van der Waals surface area contributed by atoms with Crippen molar-refractivity contribution in [3.05, 3.63) is 40.1 Å². The van der Waals surface area contributed by atoms with Crippen molar-refractivity contribution >= 4 is 22.4 Å². The van der Waals surface area contributed by atoms with Crippen LogP contribution in [0.25, 0.3) is 11.0 Å². The molecule has 0 radical (unpaired) electrons. The van der Waals surface area contributed by atoms with E-state index in [9.17, 15) is 14.9 Å². The largest absolute Gasteiger partial charge is 0.453 e. The van der Waals surface area contributed by atoms with Gasteiger partial charge in [0.25, 0.3) is 5.69 Å². The molecule has 1 aromatic heterocycles. The molecule has 0 fully saturated rings. The molecule has 0 aliphatic heterocycles. The number of nitro benzene ring substituents is 1.